The van der Waals surface area contributed by atoms with Crippen LogP contribution in [-0.2, 0) is 32.2 Å². The van der Waals surface area contributed by atoms with Crippen molar-refractivity contribution in [2.24, 2.45) is 5.41 Å². The molecule has 12 nitrogen and oxygen atoms in total. The molecule has 5 fully saturated rings. The van der Waals surface area contributed by atoms with E-state index >= 15 is 0 Å². The maximum Gasteiger partial charge on any atom is 0.410 e. The first-order valence-electron chi connectivity index (χ1n) is 18.2. The van der Waals surface area contributed by atoms with E-state index in [1.165, 1.54) is 0 Å². The molecule has 0 aromatic heterocycles. The zero-order valence-electron chi connectivity index (χ0n) is 28.8. The maximum atomic E-state index is 13.3. The van der Waals surface area contributed by atoms with E-state index in [1.54, 1.807) is 12.0 Å². The Morgan fingerprint density at radius 3 is 2.36 bits per heavy atom. The lowest BCUT2D eigenvalue weighted by atomic mass is 9.71. The summed E-state index contributed by atoms with van der Waals surface area (Å²) in [7, 11) is 1.63. The third-order valence-corrected chi connectivity index (χ3v) is 12.0. The molecule has 1 spiro atoms. The van der Waals surface area contributed by atoms with E-state index < -0.39 is 11.9 Å². The summed E-state index contributed by atoms with van der Waals surface area (Å²) in [6, 6.07) is 13.6. The molecule has 4 saturated heterocycles. The largest absolute Gasteiger partial charge is 0.494 e. The van der Waals surface area contributed by atoms with Crippen LogP contribution in [0, 0.1) is 5.41 Å². The van der Waals surface area contributed by atoms with Gasteiger partial charge in [0.25, 0.3) is 5.91 Å². The van der Waals surface area contributed by atoms with Crippen molar-refractivity contribution < 1.29 is 33.4 Å². The summed E-state index contributed by atoms with van der Waals surface area (Å²) in [5.41, 5.74) is 3.59. The van der Waals surface area contributed by atoms with Crippen LogP contribution in [-0.4, -0.2) is 109 Å². The number of rotatable bonds is 8. The van der Waals surface area contributed by atoms with Crippen LogP contribution in [0.2, 0.25) is 0 Å². The van der Waals surface area contributed by atoms with E-state index in [2.05, 4.69) is 15.1 Å². The number of nitrogens with zero attached hydrogens (tertiary/aromatic N) is 4. The van der Waals surface area contributed by atoms with E-state index in [-0.39, 0.29) is 35.8 Å². The van der Waals surface area contributed by atoms with Crippen molar-refractivity contribution in [3.8, 4) is 5.75 Å². The molecule has 1 saturated carbocycles. The minimum absolute atomic E-state index is 0.194. The van der Waals surface area contributed by atoms with Gasteiger partial charge in [-0.3, -0.25) is 19.7 Å². The van der Waals surface area contributed by atoms with Gasteiger partial charge in [-0.1, -0.05) is 30.3 Å². The average Bonchev–Trinajstić information content (AvgIpc) is 3.43. The maximum absolute atomic E-state index is 13.3. The lowest BCUT2D eigenvalue weighted by Gasteiger charge is -2.55. The highest BCUT2D eigenvalue weighted by Crippen LogP contribution is 2.44. The smallest absolute Gasteiger partial charge is 0.410 e. The second kappa shape index (κ2) is 13.5. The number of fused-ring (bicyclic) bond motifs is 1. The van der Waals surface area contributed by atoms with Crippen LogP contribution in [0.1, 0.15) is 72.9 Å². The minimum Gasteiger partial charge on any atom is -0.494 e. The molecule has 5 aliphatic heterocycles. The summed E-state index contributed by atoms with van der Waals surface area (Å²) in [6.45, 7) is 6.07. The highest BCUT2D eigenvalue weighted by atomic mass is 16.6. The third kappa shape index (κ3) is 6.32. The molecule has 1 unspecified atom stereocenters. The van der Waals surface area contributed by atoms with Crippen LogP contribution in [0.4, 0.5) is 10.5 Å². The number of anilines is 1. The van der Waals surface area contributed by atoms with E-state index in [4.69, 9.17) is 14.2 Å². The zero-order chi connectivity index (χ0) is 34.4. The number of nitrogens with one attached hydrogen (secondary N) is 1. The lowest BCUT2D eigenvalue weighted by molar-refractivity contribution is -0.136. The van der Waals surface area contributed by atoms with Crippen molar-refractivity contribution in [2.75, 3.05) is 51.3 Å². The highest BCUT2D eigenvalue weighted by Gasteiger charge is 2.49. The number of likely N-dealkylation sites (tertiary alicyclic amines) is 2. The first-order chi connectivity index (χ1) is 24.3. The third-order valence-electron chi connectivity index (χ3n) is 12.0. The van der Waals surface area contributed by atoms with Crippen LogP contribution < -0.4 is 15.0 Å². The molecule has 1 atom stereocenters. The van der Waals surface area contributed by atoms with Gasteiger partial charge >= 0.3 is 6.09 Å². The van der Waals surface area contributed by atoms with Crippen molar-refractivity contribution >= 4 is 29.5 Å². The minimum atomic E-state index is -0.650. The predicted molar refractivity (Wildman–Crippen MR) is 184 cm³/mol. The SMILES string of the molecule is COc1c(N2CCC(OC3CC(N4CCC5(CC4)CN(C(=O)OCc4ccccc4)C5)C3)CC2)ccc2c1CN(C1CCC(=O)NC1=O)C2=O. The van der Waals surface area contributed by atoms with Crippen LogP contribution in [0.15, 0.2) is 42.5 Å². The van der Waals surface area contributed by atoms with Crippen molar-refractivity contribution in [1.29, 1.82) is 0 Å². The van der Waals surface area contributed by atoms with Gasteiger partial charge in [-0.15, -0.1) is 0 Å². The second-order valence-electron chi connectivity index (χ2n) is 15.0. The number of imide groups is 1. The topological polar surface area (TPSA) is 121 Å². The predicted octanol–water partition coefficient (Wildman–Crippen LogP) is 3.71. The summed E-state index contributed by atoms with van der Waals surface area (Å²) in [5.74, 6) is -0.210. The number of benzene rings is 2. The first kappa shape index (κ1) is 33.0. The Bertz CT molecular complexity index is 1620. The summed E-state index contributed by atoms with van der Waals surface area (Å²) in [6.07, 6.45) is 7.19. The molecule has 2 aromatic carbocycles. The number of ether oxygens (including phenoxy) is 3. The summed E-state index contributed by atoms with van der Waals surface area (Å²) in [5, 5.41) is 2.37. The zero-order valence-corrected chi connectivity index (χ0v) is 28.8. The van der Waals surface area contributed by atoms with Crippen molar-refractivity contribution in [3.05, 3.63) is 59.2 Å². The molecule has 0 radical (unpaired) electrons. The van der Waals surface area contributed by atoms with E-state index in [0.717, 1.165) is 94.6 Å². The van der Waals surface area contributed by atoms with Gasteiger partial charge in [0.05, 0.1) is 31.5 Å². The lowest BCUT2D eigenvalue weighted by Crippen LogP contribution is -2.63. The number of carbonyl (C=O) groups excluding carboxylic acids is 4. The van der Waals surface area contributed by atoms with Gasteiger partial charge in [-0.05, 0) is 75.7 Å². The van der Waals surface area contributed by atoms with Gasteiger partial charge in [0.2, 0.25) is 11.8 Å². The average molecular weight is 686 g/mol. The molecule has 8 rings (SSSR count). The van der Waals surface area contributed by atoms with Gasteiger partial charge in [-0.2, -0.15) is 0 Å². The van der Waals surface area contributed by atoms with Crippen LogP contribution in [0.3, 0.4) is 0 Å². The van der Waals surface area contributed by atoms with Crippen LogP contribution in [0.5, 0.6) is 5.75 Å². The molecule has 50 heavy (non-hydrogen) atoms. The Kier molecular flexibility index (Phi) is 8.93. The highest BCUT2D eigenvalue weighted by molar-refractivity contribution is 6.06. The normalized spacial score (nSPS) is 26.7. The quantitative estimate of drug-likeness (QED) is 0.415. The Morgan fingerprint density at radius 1 is 0.920 bits per heavy atom. The number of hydrogen-bond acceptors (Lipinski definition) is 9. The van der Waals surface area contributed by atoms with Gasteiger partial charge in [0.15, 0.2) is 0 Å². The fourth-order valence-corrected chi connectivity index (χ4v) is 8.91. The number of piperidine rings is 3. The van der Waals surface area contributed by atoms with E-state index in [9.17, 15) is 19.2 Å². The standard InChI is InChI=1S/C38H47N5O7/c1-48-34-30-21-43(32-9-10-33(44)39-35(32)45)36(46)29(30)7-8-31(34)41-15-11-27(12-16-41)50-28-19-26(20-28)40-17-13-38(14-18-40)23-42(24-38)37(47)49-22-25-5-3-2-4-6-25/h2-8,26-28,32H,9-24H2,1H3,(H,39,44,45). The van der Waals surface area contributed by atoms with Gasteiger partial charge in [0, 0.05) is 55.2 Å². The molecule has 6 aliphatic rings. The van der Waals surface area contributed by atoms with Gasteiger partial charge in [0.1, 0.15) is 18.4 Å². The van der Waals surface area contributed by atoms with Crippen molar-refractivity contribution in [3.63, 3.8) is 0 Å². The molecule has 0 bridgehead atoms. The fraction of sp³-hybridized carbons (Fsp3) is 0.579. The second-order valence-corrected chi connectivity index (χ2v) is 15.0. The number of carbonyl (C=O) groups is 4. The van der Waals surface area contributed by atoms with E-state index in [1.807, 2.05) is 47.4 Å². The molecular weight excluding hydrogens is 638 g/mol. The number of amides is 4. The van der Waals surface area contributed by atoms with Gasteiger partial charge < -0.3 is 33.8 Å². The van der Waals surface area contributed by atoms with E-state index in [0.29, 0.717) is 43.0 Å². The Balaban J connectivity index is 0.763. The van der Waals surface area contributed by atoms with Crippen LogP contribution >= 0.6 is 0 Å². The fourth-order valence-electron chi connectivity index (χ4n) is 8.91. The first-order valence-corrected chi connectivity index (χ1v) is 18.2. The molecule has 1 aliphatic carbocycles. The number of hydrogen-bond donors (Lipinski definition) is 1. The summed E-state index contributed by atoms with van der Waals surface area (Å²) < 4.78 is 18.0. The summed E-state index contributed by atoms with van der Waals surface area (Å²) >= 11 is 0. The Hall–Kier alpha value is -4.16. The Labute approximate surface area is 293 Å². The molecule has 5 heterocycles. The number of methoxy groups -OCH3 is 1. The van der Waals surface area contributed by atoms with Crippen LogP contribution in [0.25, 0.3) is 0 Å². The molecule has 4 amide bonds. The van der Waals surface area contributed by atoms with Crippen molar-refractivity contribution in [1.82, 2.24) is 20.0 Å². The molecule has 266 valence electrons. The summed E-state index contributed by atoms with van der Waals surface area (Å²) in [4.78, 5) is 58.4. The molecule has 12 heteroatoms. The monoisotopic (exact) mass is 685 g/mol. The Morgan fingerprint density at radius 2 is 1.66 bits per heavy atom. The molecule has 2 aromatic rings. The molecule has 1 N–H and O–H groups in total. The van der Waals surface area contributed by atoms with Gasteiger partial charge in [-0.25, -0.2) is 4.79 Å². The molecular formula is C38H47N5O7. The van der Waals surface area contributed by atoms with Crippen molar-refractivity contribution in [2.45, 2.75) is 88.8 Å².